The minimum atomic E-state index is -0.753. The van der Waals surface area contributed by atoms with Gasteiger partial charge in [0, 0.05) is 48.5 Å². The van der Waals surface area contributed by atoms with Crippen LogP contribution in [0.4, 0.5) is 0 Å². The highest BCUT2D eigenvalue weighted by molar-refractivity contribution is 14.0. The van der Waals surface area contributed by atoms with Crippen LogP contribution in [0.1, 0.15) is 28.6 Å². The molecule has 0 saturated heterocycles. The van der Waals surface area contributed by atoms with Gasteiger partial charge in [-0.15, -0.1) is 24.0 Å². The van der Waals surface area contributed by atoms with E-state index in [1.165, 1.54) is 0 Å². The third-order valence-electron chi connectivity index (χ3n) is 4.05. The van der Waals surface area contributed by atoms with Gasteiger partial charge in [0.25, 0.3) is 0 Å². The van der Waals surface area contributed by atoms with E-state index < -0.39 is 6.10 Å². The SMILES string of the molecule is CN=C(NCc1c(C)nn(C)c1C)NCC(O)c1cc(Cl)cc(Cl)c1.I. The molecular formula is C17H24Cl2IN5O. The van der Waals surface area contributed by atoms with Gasteiger partial charge in [0.15, 0.2) is 5.96 Å². The maximum Gasteiger partial charge on any atom is 0.191 e. The van der Waals surface area contributed by atoms with Crippen molar-refractivity contribution in [2.24, 2.45) is 12.0 Å². The highest BCUT2D eigenvalue weighted by atomic mass is 127. The van der Waals surface area contributed by atoms with Crippen molar-refractivity contribution in [2.45, 2.75) is 26.5 Å². The van der Waals surface area contributed by atoms with Crippen LogP contribution in [-0.2, 0) is 13.6 Å². The third kappa shape index (κ3) is 6.00. The topological polar surface area (TPSA) is 74.5 Å². The number of hydrogen-bond acceptors (Lipinski definition) is 3. The fraction of sp³-hybridized carbons (Fsp3) is 0.412. The first-order valence-electron chi connectivity index (χ1n) is 7.89. The summed E-state index contributed by atoms with van der Waals surface area (Å²) in [6, 6.07) is 5.02. The Labute approximate surface area is 181 Å². The lowest BCUT2D eigenvalue weighted by atomic mass is 10.1. The van der Waals surface area contributed by atoms with Crippen molar-refractivity contribution in [3.05, 3.63) is 50.8 Å². The lowest BCUT2D eigenvalue weighted by molar-refractivity contribution is 0.181. The van der Waals surface area contributed by atoms with E-state index in [-0.39, 0.29) is 30.5 Å². The largest absolute Gasteiger partial charge is 0.387 e. The van der Waals surface area contributed by atoms with Gasteiger partial charge in [-0.2, -0.15) is 5.10 Å². The van der Waals surface area contributed by atoms with Crippen molar-refractivity contribution in [3.8, 4) is 0 Å². The highest BCUT2D eigenvalue weighted by Gasteiger charge is 2.12. The number of aliphatic hydroxyl groups is 1. The monoisotopic (exact) mass is 511 g/mol. The summed E-state index contributed by atoms with van der Waals surface area (Å²) >= 11 is 11.9. The molecule has 0 fully saturated rings. The number of hydrogen-bond donors (Lipinski definition) is 3. The Kier molecular flexibility index (Phi) is 9.15. The van der Waals surface area contributed by atoms with Crippen LogP contribution in [-0.4, -0.2) is 34.4 Å². The molecule has 0 saturated carbocycles. The van der Waals surface area contributed by atoms with Gasteiger partial charge < -0.3 is 15.7 Å². The van der Waals surface area contributed by atoms with Gasteiger partial charge >= 0.3 is 0 Å². The van der Waals surface area contributed by atoms with Crippen LogP contribution in [0.15, 0.2) is 23.2 Å². The zero-order valence-corrected chi connectivity index (χ0v) is 19.0. The van der Waals surface area contributed by atoms with Crippen LogP contribution in [0, 0.1) is 13.8 Å². The molecule has 1 aromatic heterocycles. The first-order chi connectivity index (χ1) is 11.8. The Hall–Kier alpha value is -1.03. The molecule has 144 valence electrons. The normalized spacial score (nSPS) is 12.5. The summed E-state index contributed by atoms with van der Waals surface area (Å²) in [7, 11) is 3.60. The molecule has 0 spiro atoms. The predicted molar refractivity (Wildman–Crippen MR) is 118 cm³/mol. The average molecular weight is 512 g/mol. The number of rotatable bonds is 5. The number of nitrogens with one attached hydrogen (secondary N) is 2. The van der Waals surface area contributed by atoms with Crippen LogP contribution in [0.2, 0.25) is 10.0 Å². The molecule has 2 rings (SSSR count). The van der Waals surface area contributed by atoms with Gasteiger partial charge in [-0.3, -0.25) is 9.67 Å². The molecule has 0 bridgehead atoms. The maximum absolute atomic E-state index is 10.3. The van der Waals surface area contributed by atoms with E-state index in [1.54, 1.807) is 25.2 Å². The molecule has 0 aliphatic rings. The smallest absolute Gasteiger partial charge is 0.191 e. The Balaban J connectivity index is 0.00000338. The van der Waals surface area contributed by atoms with Crippen LogP contribution in [0.5, 0.6) is 0 Å². The number of halogens is 3. The van der Waals surface area contributed by atoms with Crippen molar-refractivity contribution in [3.63, 3.8) is 0 Å². The van der Waals surface area contributed by atoms with Gasteiger partial charge in [-0.25, -0.2) is 0 Å². The molecule has 26 heavy (non-hydrogen) atoms. The molecule has 2 aromatic rings. The number of guanidine groups is 1. The molecule has 1 aromatic carbocycles. The number of aryl methyl sites for hydroxylation is 2. The summed E-state index contributed by atoms with van der Waals surface area (Å²) in [5.74, 6) is 0.592. The second kappa shape index (κ2) is 10.3. The summed E-state index contributed by atoms with van der Waals surface area (Å²) in [4.78, 5) is 4.17. The minimum absolute atomic E-state index is 0. The molecule has 3 N–H and O–H groups in total. The molecular weight excluding hydrogens is 488 g/mol. The molecule has 1 atom stereocenters. The van der Waals surface area contributed by atoms with E-state index in [0.29, 0.717) is 28.1 Å². The van der Waals surface area contributed by atoms with Crippen molar-refractivity contribution in [1.29, 1.82) is 0 Å². The zero-order valence-electron chi connectivity index (χ0n) is 15.2. The molecule has 0 aliphatic carbocycles. The number of benzene rings is 1. The first-order valence-corrected chi connectivity index (χ1v) is 8.65. The summed E-state index contributed by atoms with van der Waals surface area (Å²) in [5.41, 5.74) is 3.87. The second-order valence-electron chi connectivity index (χ2n) is 5.80. The van der Waals surface area contributed by atoms with Gasteiger partial charge in [0.1, 0.15) is 0 Å². The predicted octanol–water partition coefficient (Wildman–Crippen LogP) is 3.36. The number of aliphatic hydroxyl groups excluding tert-OH is 1. The molecule has 0 amide bonds. The van der Waals surface area contributed by atoms with Gasteiger partial charge in [-0.1, -0.05) is 23.2 Å². The zero-order chi connectivity index (χ0) is 18.6. The fourth-order valence-corrected chi connectivity index (χ4v) is 3.09. The van der Waals surface area contributed by atoms with Gasteiger partial charge in [0.2, 0.25) is 0 Å². The molecule has 1 unspecified atom stereocenters. The Bertz CT molecular complexity index is 759. The van der Waals surface area contributed by atoms with E-state index in [4.69, 9.17) is 23.2 Å². The van der Waals surface area contributed by atoms with Crippen molar-refractivity contribution in [2.75, 3.05) is 13.6 Å². The fourth-order valence-electron chi connectivity index (χ4n) is 2.54. The number of nitrogens with zero attached hydrogens (tertiary/aromatic N) is 3. The van der Waals surface area contributed by atoms with Crippen molar-refractivity contribution in [1.82, 2.24) is 20.4 Å². The molecule has 9 heteroatoms. The van der Waals surface area contributed by atoms with Crippen molar-refractivity contribution >= 4 is 53.1 Å². The molecule has 1 heterocycles. The highest BCUT2D eigenvalue weighted by Crippen LogP contribution is 2.23. The minimum Gasteiger partial charge on any atom is -0.387 e. The van der Waals surface area contributed by atoms with Crippen molar-refractivity contribution < 1.29 is 5.11 Å². The Morgan fingerprint density at radius 3 is 2.35 bits per heavy atom. The van der Waals surface area contributed by atoms with Crippen LogP contribution < -0.4 is 10.6 Å². The van der Waals surface area contributed by atoms with Crippen LogP contribution >= 0.6 is 47.2 Å². The van der Waals surface area contributed by atoms with E-state index in [9.17, 15) is 5.11 Å². The van der Waals surface area contributed by atoms with Crippen LogP contribution in [0.3, 0.4) is 0 Å². The van der Waals surface area contributed by atoms with E-state index in [2.05, 4.69) is 20.7 Å². The van der Waals surface area contributed by atoms with Gasteiger partial charge in [0.05, 0.1) is 11.8 Å². The lowest BCUT2D eigenvalue weighted by Gasteiger charge is -2.16. The lowest BCUT2D eigenvalue weighted by Crippen LogP contribution is -2.39. The quantitative estimate of drug-likeness (QED) is 0.327. The summed E-state index contributed by atoms with van der Waals surface area (Å²) in [6.45, 7) is 4.89. The van der Waals surface area contributed by atoms with E-state index in [1.807, 2.05) is 25.6 Å². The Morgan fingerprint density at radius 1 is 1.23 bits per heavy atom. The standard InChI is InChI=1S/C17H23Cl2N5O.HI/c1-10-15(11(2)24(4)23-10)8-21-17(20-3)22-9-16(25)12-5-13(18)7-14(19)6-12;/h5-7,16,25H,8-9H2,1-4H3,(H2,20,21,22);1H. The van der Waals surface area contributed by atoms with E-state index in [0.717, 1.165) is 17.0 Å². The molecule has 0 aliphatic heterocycles. The summed E-state index contributed by atoms with van der Waals surface area (Å²) in [5, 5.41) is 22.0. The molecule has 0 radical (unpaired) electrons. The number of aliphatic imine (C=N–C) groups is 1. The molecule has 6 nitrogen and oxygen atoms in total. The Morgan fingerprint density at radius 2 is 1.85 bits per heavy atom. The van der Waals surface area contributed by atoms with E-state index >= 15 is 0 Å². The second-order valence-corrected chi connectivity index (χ2v) is 6.67. The number of aromatic nitrogens is 2. The summed E-state index contributed by atoms with van der Waals surface area (Å²) in [6.07, 6.45) is -0.753. The average Bonchev–Trinajstić information content (AvgIpc) is 2.79. The summed E-state index contributed by atoms with van der Waals surface area (Å²) < 4.78 is 1.86. The van der Waals surface area contributed by atoms with Crippen LogP contribution in [0.25, 0.3) is 0 Å². The first kappa shape index (κ1) is 23.0. The van der Waals surface area contributed by atoms with Gasteiger partial charge in [-0.05, 0) is 37.6 Å². The maximum atomic E-state index is 10.3. The third-order valence-corrected chi connectivity index (χ3v) is 4.48.